The van der Waals surface area contributed by atoms with E-state index in [4.69, 9.17) is 27.9 Å². The number of fused-ring (bicyclic) bond motifs is 1. The minimum absolute atomic E-state index is 0.677. The lowest BCUT2D eigenvalue weighted by Crippen LogP contribution is -3.11. The van der Waals surface area contributed by atoms with E-state index in [1.165, 1.54) is 16.0 Å². The number of nitrogens with one attached hydrogen (secondary N) is 1. The van der Waals surface area contributed by atoms with Crippen LogP contribution < -0.4 is 9.64 Å². The van der Waals surface area contributed by atoms with Gasteiger partial charge in [-0.15, -0.1) is 0 Å². The quantitative estimate of drug-likeness (QED) is 0.892. The smallest absolute Gasteiger partial charge is 0.222 e. The third-order valence-electron chi connectivity index (χ3n) is 4.00. The van der Waals surface area contributed by atoms with E-state index >= 15 is 0 Å². The molecule has 0 aliphatic carbocycles. The molecule has 2 nitrogen and oxygen atoms in total. The summed E-state index contributed by atoms with van der Waals surface area (Å²) in [6.45, 7) is 6.62. The van der Waals surface area contributed by atoms with Gasteiger partial charge in [-0.2, -0.15) is 0 Å². The number of quaternary nitrogens is 1. The van der Waals surface area contributed by atoms with Gasteiger partial charge in [0.2, 0.25) is 6.73 Å². The summed E-state index contributed by atoms with van der Waals surface area (Å²) in [4.78, 5) is 1.37. The Kier molecular flexibility index (Phi) is 4.12. The highest BCUT2D eigenvalue weighted by molar-refractivity contribution is 6.32. The summed E-state index contributed by atoms with van der Waals surface area (Å²) in [5.41, 5.74) is 4.70. The molecule has 0 aromatic heterocycles. The zero-order valence-corrected chi connectivity index (χ0v) is 13.7. The van der Waals surface area contributed by atoms with Gasteiger partial charge in [0.1, 0.15) is 18.8 Å². The molecule has 21 heavy (non-hydrogen) atoms. The second-order valence-corrected chi connectivity index (χ2v) is 6.44. The molecular weight excluding hydrogens is 305 g/mol. The van der Waals surface area contributed by atoms with Crippen molar-refractivity contribution in [2.24, 2.45) is 0 Å². The lowest BCUT2D eigenvalue weighted by molar-refractivity contribution is -0.945. The molecule has 1 heterocycles. The van der Waals surface area contributed by atoms with Crippen LogP contribution in [0.3, 0.4) is 0 Å². The first kappa shape index (κ1) is 14.7. The van der Waals surface area contributed by atoms with Crippen molar-refractivity contribution in [3.63, 3.8) is 0 Å². The van der Waals surface area contributed by atoms with Gasteiger partial charge in [-0.25, -0.2) is 0 Å². The summed E-state index contributed by atoms with van der Waals surface area (Å²) in [6, 6.07) is 10.0. The van der Waals surface area contributed by atoms with Gasteiger partial charge in [-0.05, 0) is 43.2 Å². The van der Waals surface area contributed by atoms with Gasteiger partial charge in [0.05, 0.1) is 5.56 Å². The van der Waals surface area contributed by atoms with Crippen molar-refractivity contribution < 1.29 is 9.64 Å². The van der Waals surface area contributed by atoms with E-state index in [1.807, 2.05) is 25.1 Å². The highest BCUT2D eigenvalue weighted by Crippen LogP contribution is 2.32. The Bertz CT molecular complexity index is 667. The van der Waals surface area contributed by atoms with E-state index in [9.17, 15) is 0 Å². The fraction of sp³-hybridized carbons (Fsp3) is 0.294. The molecule has 0 spiro atoms. The van der Waals surface area contributed by atoms with Crippen molar-refractivity contribution in [3.05, 3.63) is 62.6 Å². The largest absolute Gasteiger partial charge is 0.445 e. The van der Waals surface area contributed by atoms with Crippen molar-refractivity contribution in [1.82, 2.24) is 0 Å². The highest BCUT2D eigenvalue weighted by atomic mass is 35.5. The molecule has 0 fully saturated rings. The van der Waals surface area contributed by atoms with Gasteiger partial charge in [0.15, 0.2) is 0 Å². The number of hydrogen-bond acceptors (Lipinski definition) is 1. The van der Waals surface area contributed by atoms with Gasteiger partial charge in [-0.1, -0.05) is 35.3 Å². The average Bonchev–Trinajstić information content (AvgIpc) is 2.48. The van der Waals surface area contributed by atoms with Crippen molar-refractivity contribution >= 4 is 23.2 Å². The summed E-state index contributed by atoms with van der Waals surface area (Å²) in [6.07, 6.45) is 0. The number of ether oxygens (including phenoxy) is 1. The van der Waals surface area contributed by atoms with Crippen LogP contribution in [-0.2, 0) is 13.1 Å². The molecule has 0 radical (unpaired) electrons. The Morgan fingerprint density at radius 2 is 1.86 bits per heavy atom. The normalized spacial score (nSPS) is 17.2. The Balaban J connectivity index is 1.81. The molecule has 1 atom stereocenters. The van der Waals surface area contributed by atoms with E-state index in [0.29, 0.717) is 6.73 Å². The van der Waals surface area contributed by atoms with Crippen molar-refractivity contribution in [2.45, 2.75) is 26.9 Å². The molecule has 0 saturated carbocycles. The highest BCUT2D eigenvalue weighted by Gasteiger charge is 2.24. The van der Waals surface area contributed by atoms with Gasteiger partial charge in [0, 0.05) is 15.6 Å². The second kappa shape index (κ2) is 5.88. The van der Waals surface area contributed by atoms with E-state index in [0.717, 1.165) is 40.0 Å². The number of rotatable bonds is 2. The lowest BCUT2D eigenvalue weighted by Gasteiger charge is -2.28. The lowest BCUT2D eigenvalue weighted by atomic mass is 10.0. The predicted molar refractivity (Wildman–Crippen MR) is 86.2 cm³/mol. The van der Waals surface area contributed by atoms with E-state index in [-0.39, 0.29) is 0 Å². The number of aryl methyl sites for hydroxylation is 1. The zero-order valence-electron chi connectivity index (χ0n) is 12.2. The minimum atomic E-state index is 0.677. The van der Waals surface area contributed by atoms with Crippen LogP contribution in [0.25, 0.3) is 0 Å². The number of halogens is 2. The molecule has 1 aliphatic rings. The van der Waals surface area contributed by atoms with E-state index in [1.54, 1.807) is 0 Å². The Morgan fingerprint density at radius 3 is 2.57 bits per heavy atom. The fourth-order valence-corrected chi connectivity index (χ4v) is 3.09. The van der Waals surface area contributed by atoms with Crippen LogP contribution in [0.2, 0.25) is 10.0 Å². The van der Waals surface area contributed by atoms with Gasteiger partial charge in [0.25, 0.3) is 0 Å². The van der Waals surface area contributed by atoms with Gasteiger partial charge >= 0.3 is 0 Å². The molecule has 3 rings (SSSR count). The van der Waals surface area contributed by atoms with Gasteiger partial charge < -0.3 is 4.74 Å². The predicted octanol–water partition coefficient (Wildman–Crippen LogP) is 3.55. The molecule has 2 aromatic carbocycles. The molecular formula is C17H18Cl2NO+. The van der Waals surface area contributed by atoms with Crippen molar-refractivity contribution in [3.8, 4) is 5.75 Å². The maximum absolute atomic E-state index is 6.36. The maximum atomic E-state index is 6.36. The van der Waals surface area contributed by atoms with Gasteiger partial charge in [-0.3, -0.25) is 4.90 Å². The molecule has 0 saturated heterocycles. The van der Waals surface area contributed by atoms with Crippen LogP contribution in [0.1, 0.15) is 22.3 Å². The van der Waals surface area contributed by atoms with E-state index < -0.39 is 0 Å². The topological polar surface area (TPSA) is 13.7 Å². The van der Waals surface area contributed by atoms with Crippen LogP contribution >= 0.6 is 23.2 Å². The molecule has 1 aliphatic heterocycles. The summed E-state index contributed by atoms with van der Waals surface area (Å²) in [7, 11) is 0. The molecule has 2 aromatic rings. The zero-order chi connectivity index (χ0) is 15.0. The first-order chi connectivity index (χ1) is 10.0. The van der Waals surface area contributed by atoms with Crippen LogP contribution in [0.4, 0.5) is 0 Å². The molecule has 0 bridgehead atoms. The third-order valence-corrected chi connectivity index (χ3v) is 4.83. The molecule has 1 N–H and O–H groups in total. The standard InChI is InChI=1S/C17H17Cl2NO/c1-11-7-16-15(12(2)17(11)19)9-20(10-21-16)8-13-3-5-14(18)6-4-13/h3-7H,8-10H2,1-2H3/p+1. The SMILES string of the molecule is Cc1cc2c(c(C)c1Cl)C[NH+](Cc1ccc(Cl)cc1)CO2. The van der Waals surface area contributed by atoms with Crippen LogP contribution in [-0.4, -0.2) is 6.73 Å². The summed E-state index contributed by atoms with van der Waals surface area (Å²) in [5, 5.41) is 1.62. The first-order valence-corrected chi connectivity index (χ1v) is 7.79. The first-order valence-electron chi connectivity index (χ1n) is 7.04. The summed E-state index contributed by atoms with van der Waals surface area (Å²) in [5.74, 6) is 0.981. The Hall–Kier alpha value is -1.22. The van der Waals surface area contributed by atoms with Crippen molar-refractivity contribution in [1.29, 1.82) is 0 Å². The number of benzene rings is 2. The third kappa shape index (κ3) is 3.03. The second-order valence-electron chi connectivity index (χ2n) is 5.63. The molecule has 4 heteroatoms. The Labute approximate surface area is 135 Å². The molecule has 0 amide bonds. The average molecular weight is 323 g/mol. The maximum Gasteiger partial charge on any atom is 0.222 e. The van der Waals surface area contributed by atoms with Crippen LogP contribution in [0.15, 0.2) is 30.3 Å². The Morgan fingerprint density at radius 1 is 1.14 bits per heavy atom. The number of hydrogen-bond donors (Lipinski definition) is 1. The minimum Gasteiger partial charge on any atom is -0.445 e. The molecule has 110 valence electrons. The van der Waals surface area contributed by atoms with Crippen molar-refractivity contribution in [2.75, 3.05) is 6.73 Å². The van der Waals surface area contributed by atoms with E-state index in [2.05, 4.69) is 19.1 Å². The molecule has 1 unspecified atom stereocenters. The fourth-order valence-electron chi connectivity index (χ4n) is 2.79. The van der Waals surface area contributed by atoms with Crippen LogP contribution in [0, 0.1) is 13.8 Å². The van der Waals surface area contributed by atoms with Crippen LogP contribution in [0.5, 0.6) is 5.75 Å². The summed E-state index contributed by atoms with van der Waals surface area (Å²) < 4.78 is 5.93. The summed E-state index contributed by atoms with van der Waals surface area (Å²) >= 11 is 12.3. The monoisotopic (exact) mass is 322 g/mol.